The molecule has 0 bridgehead atoms. The molecule has 0 aliphatic carbocycles. The van der Waals surface area contributed by atoms with Crippen LogP contribution in [-0.2, 0) is 9.59 Å². The van der Waals surface area contributed by atoms with Crippen molar-refractivity contribution in [2.45, 2.75) is 13.3 Å². The summed E-state index contributed by atoms with van der Waals surface area (Å²) in [7, 11) is 0. The van der Waals surface area contributed by atoms with Crippen molar-refractivity contribution in [1.29, 1.82) is 0 Å². The third-order valence-corrected chi connectivity index (χ3v) is 2.42. The zero-order valence-electron chi connectivity index (χ0n) is 9.11. The average Bonchev–Trinajstić information content (AvgIpc) is 2.59. The summed E-state index contributed by atoms with van der Waals surface area (Å²) in [6, 6.07) is 6.74. The number of carbonyl (C=O) groups is 2. The van der Waals surface area contributed by atoms with E-state index in [0.717, 1.165) is 0 Å². The van der Waals surface area contributed by atoms with Crippen LogP contribution in [-0.4, -0.2) is 17.6 Å². The number of halogens is 1. The highest BCUT2D eigenvalue weighted by Gasteiger charge is 2.25. The lowest BCUT2D eigenvalue weighted by atomic mass is 10.3. The molecule has 0 fully saturated rings. The molecule has 88 valence electrons. The average molecular weight is 252 g/mol. The number of carbonyl (C=O) groups excluding carboxylic acids is 2. The maximum absolute atomic E-state index is 11.7. The summed E-state index contributed by atoms with van der Waals surface area (Å²) < 4.78 is 0. The molecule has 1 aromatic rings. The first-order chi connectivity index (χ1) is 8.06. The Bertz CT molecular complexity index is 496. The summed E-state index contributed by atoms with van der Waals surface area (Å²) in [5.41, 5.74) is 0.625. The van der Waals surface area contributed by atoms with Crippen molar-refractivity contribution < 1.29 is 9.59 Å². The number of nitrogens with one attached hydrogen (secondary N) is 1. The summed E-state index contributed by atoms with van der Waals surface area (Å²) in [6.07, 6.45) is 0.0994. The van der Waals surface area contributed by atoms with Gasteiger partial charge in [0.1, 0.15) is 5.84 Å². The predicted octanol–water partition coefficient (Wildman–Crippen LogP) is 1.53. The third kappa shape index (κ3) is 2.62. The normalized spacial score (nSPS) is 14.8. The van der Waals surface area contributed by atoms with Crippen LogP contribution < -0.4 is 10.3 Å². The Kier molecular flexibility index (Phi) is 3.10. The molecule has 0 atom stereocenters. The van der Waals surface area contributed by atoms with Gasteiger partial charge in [0.25, 0.3) is 5.91 Å². The molecule has 2 rings (SSSR count). The van der Waals surface area contributed by atoms with Gasteiger partial charge in [-0.05, 0) is 24.3 Å². The summed E-state index contributed by atoms with van der Waals surface area (Å²) in [5, 5.41) is 8.38. The smallest absolute Gasteiger partial charge is 0.255 e. The van der Waals surface area contributed by atoms with Gasteiger partial charge in [-0.3, -0.25) is 9.59 Å². The lowest BCUT2D eigenvalue weighted by Gasteiger charge is -2.10. The molecular weight excluding hydrogens is 242 g/mol. The number of nitrogens with zero attached hydrogens (tertiary/aromatic N) is 2. The highest BCUT2D eigenvalue weighted by Crippen LogP contribution is 2.21. The van der Waals surface area contributed by atoms with Crippen LogP contribution in [0.15, 0.2) is 29.4 Å². The topological polar surface area (TPSA) is 61.8 Å². The van der Waals surface area contributed by atoms with Gasteiger partial charge in [0, 0.05) is 11.9 Å². The Morgan fingerprint density at radius 2 is 2.06 bits per heavy atom. The molecule has 1 N–H and O–H groups in total. The Labute approximate surface area is 103 Å². The molecule has 1 aromatic carbocycles. The van der Waals surface area contributed by atoms with Gasteiger partial charge in [0.2, 0.25) is 5.91 Å². The van der Waals surface area contributed by atoms with Gasteiger partial charge in [-0.25, -0.2) is 0 Å². The zero-order valence-corrected chi connectivity index (χ0v) is 9.86. The Morgan fingerprint density at radius 3 is 2.65 bits per heavy atom. The number of amides is 2. The number of hydrazone groups is 1. The van der Waals surface area contributed by atoms with Crippen LogP contribution in [0.2, 0.25) is 5.02 Å². The molecule has 0 saturated heterocycles. The number of anilines is 1. The summed E-state index contributed by atoms with van der Waals surface area (Å²) in [6.45, 7) is 1.37. The molecule has 0 unspecified atom stereocenters. The lowest BCUT2D eigenvalue weighted by molar-refractivity contribution is -0.117. The molecule has 0 aromatic heterocycles. The fraction of sp³-hybridized carbons (Fsp3) is 0.182. The van der Waals surface area contributed by atoms with Crippen LogP contribution >= 0.6 is 11.6 Å². The molecule has 1 heterocycles. The van der Waals surface area contributed by atoms with Crippen molar-refractivity contribution in [3.63, 3.8) is 0 Å². The molecule has 1 aliphatic heterocycles. The molecule has 2 amide bonds. The molecule has 6 heteroatoms. The van der Waals surface area contributed by atoms with Crippen LogP contribution in [0.1, 0.15) is 13.3 Å². The first-order valence-electron chi connectivity index (χ1n) is 5.00. The first kappa shape index (κ1) is 11.6. The van der Waals surface area contributed by atoms with Crippen molar-refractivity contribution in [3.05, 3.63) is 29.3 Å². The van der Waals surface area contributed by atoms with E-state index in [1.54, 1.807) is 24.3 Å². The maximum atomic E-state index is 11.7. The lowest BCUT2D eigenvalue weighted by Crippen LogP contribution is -2.27. The quantitative estimate of drug-likeness (QED) is 0.823. The summed E-state index contributed by atoms with van der Waals surface area (Å²) in [4.78, 5) is 22.5. The molecule has 17 heavy (non-hydrogen) atoms. The monoisotopic (exact) mass is 251 g/mol. The first-order valence-corrected chi connectivity index (χ1v) is 5.37. The number of amidine groups is 1. The van der Waals surface area contributed by atoms with Crippen molar-refractivity contribution in [2.75, 3.05) is 5.01 Å². The van der Waals surface area contributed by atoms with Gasteiger partial charge < -0.3 is 5.32 Å². The molecule has 1 aliphatic rings. The van der Waals surface area contributed by atoms with Gasteiger partial charge in [0.15, 0.2) is 0 Å². The fourth-order valence-electron chi connectivity index (χ4n) is 1.49. The van der Waals surface area contributed by atoms with E-state index < -0.39 is 0 Å². The minimum absolute atomic E-state index is 0.0994. The second-order valence-electron chi connectivity index (χ2n) is 3.59. The van der Waals surface area contributed by atoms with Crippen LogP contribution in [0.5, 0.6) is 0 Å². The molecular formula is C11H10ClN3O2. The largest absolute Gasteiger partial charge is 0.313 e. The van der Waals surface area contributed by atoms with Gasteiger partial charge in [-0.2, -0.15) is 10.1 Å². The second-order valence-corrected chi connectivity index (χ2v) is 4.02. The standard InChI is InChI=1S/C11H10ClN3O2/c1-7(16)13-10-6-11(17)15(14-10)9-4-2-8(12)3-5-9/h2-5H,6H2,1H3,(H,13,14,16). The van der Waals surface area contributed by atoms with E-state index >= 15 is 0 Å². The molecule has 5 nitrogen and oxygen atoms in total. The van der Waals surface area contributed by atoms with Gasteiger partial charge >= 0.3 is 0 Å². The molecule has 0 radical (unpaired) electrons. The van der Waals surface area contributed by atoms with E-state index in [2.05, 4.69) is 10.4 Å². The summed E-state index contributed by atoms with van der Waals surface area (Å²) >= 11 is 5.76. The van der Waals surface area contributed by atoms with Crippen LogP contribution in [0, 0.1) is 0 Å². The third-order valence-electron chi connectivity index (χ3n) is 2.17. The Balaban J connectivity index is 2.21. The Hall–Kier alpha value is -1.88. The Morgan fingerprint density at radius 1 is 1.41 bits per heavy atom. The van der Waals surface area contributed by atoms with E-state index in [9.17, 15) is 9.59 Å². The number of hydrogen-bond acceptors (Lipinski definition) is 3. The number of benzene rings is 1. The van der Waals surface area contributed by atoms with Gasteiger partial charge in [0.05, 0.1) is 12.1 Å². The van der Waals surface area contributed by atoms with E-state index in [4.69, 9.17) is 11.6 Å². The van der Waals surface area contributed by atoms with Crippen molar-refractivity contribution in [2.24, 2.45) is 5.10 Å². The summed E-state index contributed by atoms with van der Waals surface area (Å²) in [5.74, 6) is -0.0666. The number of rotatable bonds is 1. The van der Waals surface area contributed by atoms with Crippen molar-refractivity contribution >= 4 is 34.9 Å². The molecule has 0 spiro atoms. The van der Waals surface area contributed by atoms with Crippen molar-refractivity contribution in [3.8, 4) is 0 Å². The zero-order chi connectivity index (χ0) is 12.4. The minimum Gasteiger partial charge on any atom is -0.313 e. The maximum Gasteiger partial charge on any atom is 0.255 e. The molecule has 0 saturated carbocycles. The van der Waals surface area contributed by atoms with Crippen LogP contribution in [0.25, 0.3) is 0 Å². The number of hydrogen-bond donors (Lipinski definition) is 1. The van der Waals surface area contributed by atoms with Crippen LogP contribution in [0.3, 0.4) is 0 Å². The fourth-order valence-corrected chi connectivity index (χ4v) is 1.61. The second kappa shape index (κ2) is 4.55. The predicted molar refractivity (Wildman–Crippen MR) is 64.8 cm³/mol. The minimum atomic E-state index is -0.241. The van der Waals surface area contributed by atoms with Gasteiger partial charge in [-0.1, -0.05) is 11.6 Å². The van der Waals surface area contributed by atoms with E-state index in [1.165, 1.54) is 11.9 Å². The van der Waals surface area contributed by atoms with E-state index in [-0.39, 0.29) is 18.2 Å². The van der Waals surface area contributed by atoms with Gasteiger partial charge in [-0.15, -0.1) is 0 Å². The van der Waals surface area contributed by atoms with Crippen molar-refractivity contribution in [1.82, 2.24) is 5.32 Å². The van der Waals surface area contributed by atoms with E-state index in [0.29, 0.717) is 16.5 Å². The highest BCUT2D eigenvalue weighted by atomic mass is 35.5. The highest BCUT2D eigenvalue weighted by molar-refractivity contribution is 6.30. The van der Waals surface area contributed by atoms with Crippen LogP contribution in [0.4, 0.5) is 5.69 Å². The SMILES string of the molecule is CC(=O)NC1=NN(c2ccc(Cl)cc2)C(=O)C1. The van der Waals surface area contributed by atoms with E-state index in [1.807, 2.05) is 0 Å².